The number of aromatic nitrogens is 3. The molecule has 8 heteroatoms. The lowest BCUT2D eigenvalue weighted by Gasteiger charge is -2.19. The Morgan fingerprint density at radius 3 is 2.54 bits per heavy atom. The minimum absolute atomic E-state index is 0.0877. The monoisotopic (exact) mass is 362 g/mol. The molecule has 2 heterocycles. The molecule has 0 aromatic carbocycles. The summed E-state index contributed by atoms with van der Waals surface area (Å²) in [6.07, 6.45) is 6.34. The van der Waals surface area contributed by atoms with Gasteiger partial charge in [0, 0.05) is 19.6 Å². The van der Waals surface area contributed by atoms with Crippen molar-refractivity contribution in [1.82, 2.24) is 19.0 Å². The summed E-state index contributed by atoms with van der Waals surface area (Å²) >= 11 is 6.46. The Morgan fingerprint density at radius 1 is 1.29 bits per heavy atom. The lowest BCUT2D eigenvalue weighted by Crippen LogP contribution is -2.36. The number of carbonyl (C=O) groups is 1. The molecule has 2 aromatic heterocycles. The molecule has 1 amide bonds. The fourth-order valence-electron chi connectivity index (χ4n) is 2.21. The normalized spacial score (nSPS) is 10.5. The van der Waals surface area contributed by atoms with Crippen molar-refractivity contribution >= 4 is 39.8 Å². The molecule has 0 unspecified atom stereocenters. The molecule has 0 bridgehead atoms. The van der Waals surface area contributed by atoms with Crippen molar-refractivity contribution in [2.75, 3.05) is 13.1 Å². The Labute approximate surface area is 148 Å². The highest BCUT2D eigenvalue weighted by atomic mass is 32.1. The van der Waals surface area contributed by atoms with E-state index in [1.165, 1.54) is 22.2 Å². The van der Waals surface area contributed by atoms with Gasteiger partial charge in [0.2, 0.25) is 5.91 Å². The van der Waals surface area contributed by atoms with Crippen molar-refractivity contribution in [2.45, 2.75) is 13.1 Å². The Morgan fingerprint density at radius 2 is 1.96 bits per heavy atom. The first kappa shape index (κ1) is 18.0. The van der Waals surface area contributed by atoms with E-state index in [4.69, 9.17) is 12.2 Å². The van der Waals surface area contributed by atoms with Gasteiger partial charge in [-0.3, -0.25) is 14.2 Å². The Kier molecular flexibility index (Phi) is 5.99. The second-order valence-corrected chi connectivity index (χ2v) is 6.62. The van der Waals surface area contributed by atoms with E-state index in [2.05, 4.69) is 24.7 Å². The average Bonchev–Trinajstić information content (AvgIpc) is 2.87. The summed E-state index contributed by atoms with van der Waals surface area (Å²) < 4.78 is 4.04. The summed E-state index contributed by atoms with van der Waals surface area (Å²) in [6, 6.07) is 0. The maximum atomic E-state index is 12.6. The highest BCUT2D eigenvalue weighted by molar-refractivity contribution is 7.73. The number of fused-ring (bicyclic) bond motifs is 1. The quantitative estimate of drug-likeness (QED) is 0.534. The molecule has 0 aliphatic carbocycles. The van der Waals surface area contributed by atoms with E-state index >= 15 is 0 Å². The van der Waals surface area contributed by atoms with Gasteiger partial charge in [0.15, 0.2) is 9.60 Å². The molecule has 0 spiro atoms. The predicted octanol–water partition coefficient (Wildman–Crippen LogP) is 2.38. The number of amides is 1. The molecule has 6 nitrogen and oxygen atoms in total. The zero-order chi connectivity index (χ0) is 17.7. The first-order valence-corrected chi connectivity index (χ1v) is 8.45. The summed E-state index contributed by atoms with van der Waals surface area (Å²) in [7, 11) is 0. The number of nitrogens with zero attached hydrogens (tertiary/aromatic N) is 4. The predicted molar refractivity (Wildman–Crippen MR) is 99.9 cm³/mol. The van der Waals surface area contributed by atoms with Crippen LogP contribution in [0.4, 0.5) is 0 Å². The summed E-state index contributed by atoms with van der Waals surface area (Å²) in [5, 5.41) is 0. The zero-order valence-electron chi connectivity index (χ0n) is 13.2. The Bertz CT molecular complexity index is 897. The van der Waals surface area contributed by atoms with Crippen LogP contribution in [0.15, 0.2) is 49.1 Å². The summed E-state index contributed by atoms with van der Waals surface area (Å²) in [4.78, 5) is 30.8. The van der Waals surface area contributed by atoms with Crippen LogP contribution in [0.25, 0.3) is 10.3 Å². The number of carbonyl (C=O) groups excluding carboxylic acids is 1. The minimum atomic E-state index is -0.274. The first-order chi connectivity index (χ1) is 11.5. The molecular formula is C16H18N4O2S2. The third-order valence-electron chi connectivity index (χ3n) is 3.31. The Hall–Kier alpha value is -2.32. The van der Waals surface area contributed by atoms with Gasteiger partial charge < -0.3 is 9.47 Å². The molecule has 0 aliphatic rings. The fourth-order valence-corrected chi connectivity index (χ4v) is 3.53. The van der Waals surface area contributed by atoms with Crippen molar-refractivity contribution < 1.29 is 4.79 Å². The van der Waals surface area contributed by atoms with Crippen molar-refractivity contribution in [3.63, 3.8) is 0 Å². The molecule has 0 N–H and O–H groups in total. The van der Waals surface area contributed by atoms with Crippen LogP contribution < -0.4 is 5.56 Å². The lowest BCUT2D eigenvalue weighted by molar-refractivity contribution is -0.130. The van der Waals surface area contributed by atoms with Crippen molar-refractivity contribution in [3.8, 4) is 0 Å². The molecule has 2 aromatic rings. The van der Waals surface area contributed by atoms with Gasteiger partial charge in [-0.25, -0.2) is 4.98 Å². The smallest absolute Gasteiger partial charge is 0.273 e. The number of hydrogen-bond donors (Lipinski definition) is 0. The molecule has 24 heavy (non-hydrogen) atoms. The molecule has 0 saturated carbocycles. The third kappa shape index (κ3) is 3.60. The zero-order valence-corrected chi connectivity index (χ0v) is 14.8. The maximum Gasteiger partial charge on any atom is 0.273 e. The molecule has 0 fully saturated rings. The van der Waals surface area contributed by atoms with E-state index in [1.54, 1.807) is 27.7 Å². The SMILES string of the molecule is C=CCN(CC=C)C(=O)Cn1cnc2c(sc(=S)n2CC=C)c1=O. The van der Waals surface area contributed by atoms with Crippen LogP contribution in [0.2, 0.25) is 0 Å². The van der Waals surface area contributed by atoms with Crippen LogP contribution in [0, 0.1) is 3.95 Å². The van der Waals surface area contributed by atoms with Crippen LogP contribution >= 0.6 is 23.6 Å². The van der Waals surface area contributed by atoms with Gasteiger partial charge in [-0.05, 0) is 12.2 Å². The summed E-state index contributed by atoms with van der Waals surface area (Å²) in [5.41, 5.74) is 0.247. The van der Waals surface area contributed by atoms with Crippen molar-refractivity contribution in [1.29, 1.82) is 0 Å². The van der Waals surface area contributed by atoms with Crippen LogP contribution in [0.5, 0.6) is 0 Å². The molecule has 126 valence electrons. The summed E-state index contributed by atoms with van der Waals surface area (Å²) in [5.74, 6) is -0.202. The highest BCUT2D eigenvalue weighted by Crippen LogP contribution is 2.17. The third-order valence-corrected chi connectivity index (χ3v) is 4.74. The van der Waals surface area contributed by atoms with Gasteiger partial charge in [0.05, 0.1) is 0 Å². The van der Waals surface area contributed by atoms with Crippen LogP contribution in [0.1, 0.15) is 0 Å². The molecular weight excluding hydrogens is 344 g/mol. The first-order valence-electron chi connectivity index (χ1n) is 7.22. The van der Waals surface area contributed by atoms with Crippen LogP contribution in [-0.4, -0.2) is 38.0 Å². The van der Waals surface area contributed by atoms with E-state index in [-0.39, 0.29) is 18.0 Å². The highest BCUT2D eigenvalue weighted by Gasteiger charge is 2.16. The van der Waals surface area contributed by atoms with Crippen molar-refractivity contribution in [3.05, 3.63) is 58.6 Å². The van der Waals surface area contributed by atoms with Gasteiger partial charge in [-0.15, -0.1) is 19.7 Å². The number of rotatable bonds is 8. The standard InChI is InChI=1S/C16H18N4O2S2/c1-4-7-18(8-5-2)12(21)10-19-11-17-14-13(15(19)22)24-16(23)20(14)9-6-3/h4-6,11H,1-3,7-10H2. The van der Waals surface area contributed by atoms with Crippen LogP contribution in [0.3, 0.4) is 0 Å². The van der Waals surface area contributed by atoms with Gasteiger partial charge in [-0.2, -0.15) is 0 Å². The fraction of sp³-hybridized carbons (Fsp3) is 0.250. The lowest BCUT2D eigenvalue weighted by atomic mass is 10.4. The molecule has 0 aliphatic heterocycles. The number of allylic oxidation sites excluding steroid dienone is 1. The number of hydrogen-bond acceptors (Lipinski definition) is 5. The Balaban J connectivity index is 2.38. The van der Waals surface area contributed by atoms with Gasteiger partial charge >= 0.3 is 0 Å². The van der Waals surface area contributed by atoms with Gasteiger partial charge in [0.25, 0.3) is 5.56 Å². The summed E-state index contributed by atoms with van der Waals surface area (Å²) in [6.45, 7) is 12.1. The molecule has 0 radical (unpaired) electrons. The second kappa shape index (κ2) is 7.98. The van der Waals surface area contributed by atoms with E-state index in [9.17, 15) is 9.59 Å². The molecule has 0 atom stereocenters. The molecule has 2 rings (SSSR count). The van der Waals surface area contributed by atoms with Crippen molar-refractivity contribution in [2.24, 2.45) is 0 Å². The number of thiazole rings is 1. The van der Waals surface area contributed by atoms with Gasteiger partial charge in [-0.1, -0.05) is 29.6 Å². The average molecular weight is 362 g/mol. The van der Waals surface area contributed by atoms with E-state index in [0.717, 1.165) is 0 Å². The second-order valence-electron chi connectivity index (χ2n) is 4.97. The van der Waals surface area contributed by atoms with E-state index < -0.39 is 0 Å². The van der Waals surface area contributed by atoms with Gasteiger partial charge in [0.1, 0.15) is 17.6 Å². The largest absolute Gasteiger partial charge is 0.334 e. The maximum absolute atomic E-state index is 12.6. The molecule has 0 saturated heterocycles. The van der Waals surface area contributed by atoms with E-state index in [1.807, 2.05) is 0 Å². The topological polar surface area (TPSA) is 60.1 Å². The minimum Gasteiger partial charge on any atom is -0.334 e. The van der Waals surface area contributed by atoms with Crippen LogP contribution in [-0.2, 0) is 17.9 Å². The van der Waals surface area contributed by atoms with E-state index in [0.29, 0.717) is 33.9 Å².